The summed E-state index contributed by atoms with van der Waals surface area (Å²) in [6, 6.07) is 26.3. The topological polar surface area (TPSA) is 45.2 Å². The first kappa shape index (κ1) is 22.9. The molecular formula is C29H33N3O. The zero-order valence-corrected chi connectivity index (χ0v) is 19.4. The van der Waals surface area contributed by atoms with E-state index in [1.807, 2.05) is 60.8 Å². The van der Waals surface area contributed by atoms with Crippen LogP contribution in [0.1, 0.15) is 42.6 Å². The minimum Gasteiger partial charge on any atom is -0.347 e. The van der Waals surface area contributed by atoms with Gasteiger partial charge in [0.05, 0.1) is 18.2 Å². The molecule has 2 aromatic carbocycles. The SMILES string of the molecule is C/C(=C\c1ccccc1)CN1CCC[C@H]([C@H](NC(=O)Cc2ccccc2)c2ccccn2)C1. The van der Waals surface area contributed by atoms with E-state index in [4.69, 9.17) is 0 Å². The molecule has 0 saturated carbocycles. The van der Waals surface area contributed by atoms with Crippen LogP contribution in [0.15, 0.2) is 90.6 Å². The molecule has 3 aromatic rings. The number of hydrogen-bond donors (Lipinski definition) is 1. The quantitative estimate of drug-likeness (QED) is 0.518. The van der Waals surface area contributed by atoms with Crippen LogP contribution in [-0.2, 0) is 11.2 Å². The lowest BCUT2D eigenvalue weighted by molar-refractivity contribution is -0.121. The third-order valence-corrected chi connectivity index (χ3v) is 6.23. The highest BCUT2D eigenvalue weighted by molar-refractivity contribution is 5.79. The van der Waals surface area contributed by atoms with Crippen molar-refractivity contribution in [1.29, 1.82) is 0 Å². The first-order valence-corrected chi connectivity index (χ1v) is 11.9. The number of aromatic nitrogens is 1. The lowest BCUT2D eigenvalue weighted by Crippen LogP contribution is -2.44. The minimum atomic E-state index is -0.0800. The van der Waals surface area contributed by atoms with Crippen LogP contribution in [0, 0.1) is 5.92 Å². The largest absolute Gasteiger partial charge is 0.347 e. The van der Waals surface area contributed by atoms with Crippen LogP contribution in [0.4, 0.5) is 0 Å². The number of nitrogens with zero attached hydrogens (tertiary/aromatic N) is 2. The summed E-state index contributed by atoms with van der Waals surface area (Å²) in [6.45, 7) is 5.18. The average Bonchev–Trinajstić information content (AvgIpc) is 2.84. The van der Waals surface area contributed by atoms with Crippen LogP contribution in [0.2, 0.25) is 0 Å². The smallest absolute Gasteiger partial charge is 0.224 e. The zero-order valence-electron chi connectivity index (χ0n) is 19.4. The van der Waals surface area contributed by atoms with Crippen molar-refractivity contribution < 1.29 is 4.79 Å². The van der Waals surface area contributed by atoms with E-state index in [9.17, 15) is 4.79 Å². The summed E-state index contributed by atoms with van der Waals surface area (Å²) < 4.78 is 0. The summed E-state index contributed by atoms with van der Waals surface area (Å²) in [4.78, 5) is 20.1. The van der Waals surface area contributed by atoms with Crippen molar-refractivity contribution in [3.8, 4) is 0 Å². The normalized spacial score (nSPS) is 18.0. The Morgan fingerprint density at radius 1 is 1.06 bits per heavy atom. The standard InChI is InChI=1S/C29H33N3O/c1-23(19-24-11-4-2-5-12-24)21-32-18-10-15-26(22-32)29(27-16-8-9-17-30-27)31-28(33)20-25-13-6-3-7-14-25/h2-9,11-14,16-17,19,26,29H,10,15,18,20-22H2,1H3,(H,31,33)/b23-19+/t26-,29-/m0/s1. The molecule has 1 aliphatic heterocycles. The molecule has 1 fully saturated rings. The second kappa shape index (κ2) is 11.6. The van der Waals surface area contributed by atoms with Crippen molar-refractivity contribution in [2.24, 2.45) is 5.92 Å². The summed E-state index contributed by atoms with van der Waals surface area (Å²) in [6.07, 6.45) is 6.69. The molecule has 0 radical (unpaired) electrons. The number of hydrogen-bond acceptors (Lipinski definition) is 3. The van der Waals surface area contributed by atoms with Crippen molar-refractivity contribution in [2.75, 3.05) is 19.6 Å². The average molecular weight is 440 g/mol. The van der Waals surface area contributed by atoms with E-state index in [0.717, 1.165) is 43.7 Å². The van der Waals surface area contributed by atoms with Crippen molar-refractivity contribution in [3.05, 3.63) is 107 Å². The maximum atomic E-state index is 12.9. The van der Waals surface area contributed by atoms with Crippen LogP contribution in [0.5, 0.6) is 0 Å². The van der Waals surface area contributed by atoms with Gasteiger partial charge in [-0.05, 0) is 55.5 Å². The van der Waals surface area contributed by atoms with E-state index < -0.39 is 0 Å². The van der Waals surface area contributed by atoms with Gasteiger partial charge < -0.3 is 5.32 Å². The summed E-state index contributed by atoms with van der Waals surface area (Å²) in [5.74, 6) is 0.382. The Bertz CT molecular complexity index is 1030. The molecule has 1 saturated heterocycles. The fraction of sp³-hybridized carbons (Fsp3) is 0.310. The summed E-state index contributed by atoms with van der Waals surface area (Å²) in [5.41, 5.74) is 4.57. The molecule has 1 N–H and O–H groups in total. The number of rotatable bonds is 8. The van der Waals surface area contributed by atoms with E-state index >= 15 is 0 Å². The van der Waals surface area contributed by atoms with Gasteiger partial charge in [0.1, 0.15) is 0 Å². The minimum absolute atomic E-state index is 0.0501. The van der Waals surface area contributed by atoms with Crippen LogP contribution in [0.3, 0.4) is 0 Å². The molecule has 0 unspecified atom stereocenters. The molecule has 2 heterocycles. The Labute approximate surface area is 197 Å². The molecule has 1 aliphatic rings. The number of benzene rings is 2. The van der Waals surface area contributed by atoms with Crippen molar-refractivity contribution in [3.63, 3.8) is 0 Å². The van der Waals surface area contributed by atoms with Crippen LogP contribution >= 0.6 is 0 Å². The Morgan fingerprint density at radius 3 is 2.52 bits per heavy atom. The fourth-order valence-corrected chi connectivity index (χ4v) is 4.74. The van der Waals surface area contributed by atoms with E-state index in [0.29, 0.717) is 12.3 Å². The van der Waals surface area contributed by atoms with Crippen molar-refractivity contribution in [2.45, 2.75) is 32.2 Å². The second-order valence-electron chi connectivity index (χ2n) is 9.00. The Morgan fingerprint density at radius 2 is 1.79 bits per heavy atom. The molecule has 4 nitrogen and oxygen atoms in total. The lowest BCUT2D eigenvalue weighted by atomic mass is 9.88. The monoisotopic (exact) mass is 439 g/mol. The first-order chi connectivity index (χ1) is 16.2. The highest BCUT2D eigenvalue weighted by Crippen LogP contribution is 2.29. The van der Waals surface area contributed by atoms with Gasteiger partial charge in [0.15, 0.2) is 0 Å². The number of carbonyl (C=O) groups is 1. The fourth-order valence-electron chi connectivity index (χ4n) is 4.74. The van der Waals surface area contributed by atoms with E-state index in [1.165, 1.54) is 11.1 Å². The molecule has 4 rings (SSSR count). The van der Waals surface area contributed by atoms with Crippen molar-refractivity contribution in [1.82, 2.24) is 15.2 Å². The predicted octanol–water partition coefficient (Wildman–Crippen LogP) is 5.30. The first-order valence-electron chi connectivity index (χ1n) is 11.9. The molecular weight excluding hydrogens is 406 g/mol. The summed E-state index contributed by atoms with van der Waals surface area (Å²) in [7, 11) is 0. The van der Waals surface area contributed by atoms with Gasteiger partial charge in [-0.15, -0.1) is 0 Å². The molecule has 1 amide bonds. The number of carbonyl (C=O) groups excluding carboxylic acids is 1. The van der Waals surface area contributed by atoms with Gasteiger partial charge in [0.2, 0.25) is 5.91 Å². The van der Waals surface area contributed by atoms with Gasteiger partial charge in [-0.3, -0.25) is 14.7 Å². The maximum absolute atomic E-state index is 12.9. The summed E-state index contributed by atoms with van der Waals surface area (Å²) in [5, 5.41) is 3.32. The second-order valence-corrected chi connectivity index (χ2v) is 9.00. The van der Waals surface area contributed by atoms with Crippen LogP contribution < -0.4 is 5.32 Å². The zero-order chi connectivity index (χ0) is 22.9. The summed E-state index contributed by atoms with van der Waals surface area (Å²) >= 11 is 0. The molecule has 0 aliphatic carbocycles. The molecule has 1 aromatic heterocycles. The van der Waals surface area contributed by atoms with Crippen LogP contribution in [0.25, 0.3) is 6.08 Å². The Balaban J connectivity index is 1.44. The van der Waals surface area contributed by atoms with E-state index in [-0.39, 0.29) is 11.9 Å². The molecule has 0 spiro atoms. The number of nitrogens with one attached hydrogen (secondary N) is 1. The third kappa shape index (κ3) is 6.87. The van der Waals surface area contributed by atoms with Gasteiger partial charge >= 0.3 is 0 Å². The van der Waals surface area contributed by atoms with E-state index in [2.05, 4.69) is 52.5 Å². The predicted molar refractivity (Wildman–Crippen MR) is 135 cm³/mol. The van der Waals surface area contributed by atoms with Gasteiger partial charge in [0.25, 0.3) is 0 Å². The highest BCUT2D eigenvalue weighted by atomic mass is 16.1. The molecule has 33 heavy (non-hydrogen) atoms. The number of pyridine rings is 1. The van der Waals surface area contributed by atoms with Gasteiger partial charge in [0, 0.05) is 19.3 Å². The molecule has 4 heteroatoms. The third-order valence-electron chi connectivity index (χ3n) is 6.23. The Kier molecular flexibility index (Phi) is 8.04. The van der Waals surface area contributed by atoms with Gasteiger partial charge in [-0.2, -0.15) is 0 Å². The van der Waals surface area contributed by atoms with Gasteiger partial charge in [-0.25, -0.2) is 0 Å². The van der Waals surface area contributed by atoms with Gasteiger partial charge in [-0.1, -0.05) is 78.4 Å². The Hall–Kier alpha value is -3.24. The molecule has 0 bridgehead atoms. The number of likely N-dealkylation sites (tertiary alicyclic amines) is 1. The maximum Gasteiger partial charge on any atom is 0.224 e. The van der Waals surface area contributed by atoms with E-state index in [1.54, 1.807) is 0 Å². The lowest BCUT2D eigenvalue weighted by Gasteiger charge is -2.37. The highest BCUT2D eigenvalue weighted by Gasteiger charge is 2.30. The molecule has 2 atom stereocenters. The van der Waals surface area contributed by atoms with Crippen molar-refractivity contribution >= 4 is 12.0 Å². The number of piperidine rings is 1. The van der Waals surface area contributed by atoms with Crippen LogP contribution in [-0.4, -0.2) is 35.4 Å². The molecule has 170 valence electrons. The number of amides is 1.